The van der Waals surface area contributed by atoms with Gasteiger partial charge in [-0.1, -0.05) is 23.7 Å². The molecule has 0 bridgehead atoms. The number of fused-ring (bicyclic) bond motifs is 1. The van der Waals surface area contributed by atoms with Crippen molar-refractivity contribution in [3.8, 4) is 11.3 Å². The van der Waals surface area contributed by atoms with Gasteiger partial charge >= 0.3 is 0 Å². The number of rotatable bonds is 3. The summed E-state index contributed by atoms with van der Waals surface area (Å²) in [4.78, 5) is 25.7. The lowest BCUT2D eigenvalue weighted by Crippen LogP contribution is -2.15. The molecular formula is C19H14ClN5O. The van der Waals surface area contributed by atoms with E-state index >= 15 is 0 Å². The van der Waals surface area contributed by atoms with Gasteiger partial charge in [-0.15, -0.1) is 0 Å². The van der Waals surface area contributed by atoms with E-state index in [1.54, 1.807) is 47.3 Å². The minimum atomic E-state index is -0.325. The average molecular weight is 364 g/mol. The number of imidazole rings is 1. The Morgan fingerprint density at radius 1 is 1.15 bits per heavy atom. The van der Waals surface area contributed by atoms with Crippen LogP contribution in [0.5, 0.6) is 0 Å². The van der Waals surface area contributed by atoms with E-state index in [9.17, 15) is 4.79 Å². The summed E-state index contributed by atoms with van der Waals surface area (Å²) in [6, 6.07) is 10.8. The molecule has 0 fully saturated rings. The van der Waals surface area contributed by atoms with E-state index < -0.39 is 0 Å². The molecule has 128 valence electrons. The van der Waals surface area contributed by atoms with Gasteiger partial charge in [-0.2, -0.15) is 0 Å². The van der Waals surface area contributed by atoms with Crippen LogP contribution in [0.1, 0.15) is 16.2 Å². The zero-order valence-corrected chi connectivity index (χ0v) is 14.6. The second kappa shape index (κ2) is 6.57. The van der Waals surface area contributed by atoms with Crippen LogP contribution >= 0.6 is 11.6 Å². The van der Waals surface area contributed by atoms with Crippen molar-refractivity contribution in [2.24, 2.45) is 0 Å². The van der Waals surface area contributed by atoms with Gasteiger partial charge < -0.3 is 9.72 Å². The summed E-state index contributed by atoms with van der Waals surface area (Å²) >= 11 is 6.12. The molecule has 0 spiro atoms. The third-order valence-electron chi connectivity index (χ3n) is 3.81. The first-order valence-electron chi connectivity index (χ1n) is 7.94. The molecule has 0 unspecified atom stereocenters. The molecule has 0 aliphatic carbocycles. The monoisotopic (exact) mass is 363 g/mol. The van der Waals surface area contributed by atoms with Crippen LogP contribution in [0.3, 0.4) is 0 Å². The average Bonchev–Trinajstić information content (AvgIpc) is 3.01. The molecule has 4 rings (SSSR count). The van der Waals surface area contributed by atoms with Gasteiger partial charge in [0.2, 0.25) is 0 Å². The Hall–Kier alpha value is -3.25. The van der Waals surface area contributed by atoms with Crippen molar-refractivity contribution in [3.63, 3.8) is 0 Å². The van der Waals surface area contributed by atoms with E-state index in [2.05, 4.69) is 20.3 Å². The fraction of sp³-hybridized carbons (Fsp3) is 0.0526. The van der Waals surface area contributed by atoms with Gasteiger partial charge in [0.05, 0.1) is 17.6 Å². The van der Waals surface area contributed by atoms with E-state index in [1.165, 1.54) is 0 Å². The van der Waals surface area contributed by atoms with Crippen molar-refractivity contribution in [2.45, 2.75) is 6.92 Å². The number of aromatic nitrogens is 4. The first kappa shape index (κ1) is 16.2. The zero-order valence-electron chi connectivity index (χ0n) is 13.8. The molecule has 26 heavy (non-hydrogen) atoms. The lowest BCUT2D eigenvalue weighted by molar-refractivity contribution is 0.102. The maximum absolute atomic E-state index is 12.7. The number of nitrogens with zero attached hydrogens (tertiary/aromatic N) is 4. The minimum absolute atomic E-state index is 0.272. The highest BCUT2D eigenvalue weighted by molar-refractivity contribution is 6.30. The smallest absolute Gasteiger partial charge is 0.275 e. The van der Waals surface area contributed by atoms with Crippen LogP contribution < -0.4 is 5.32 Å². The molecule has 4 aromatic rings. The van der Waals surface area contributed by atoms with Crippen LogP contribution in [0.15, 0.2) is 61.2 Å². The maximum Gasteiger partial charge on any atom is 0.275 e. The first-order valence-corrected chi connectivity index (χ1v) is 8.31. The van der Waals surface area contributed by atoms with Gasteiger partial charge in [-0.3, -0.25) is 9.78 Å². The number of benzene rings is 1. The number of hydrogen-bond donors (Lipinski definition) is 1. The summed E-state index contributed by atoms with van der Waals surface area (Å²) in [7, 11) is 0. The van der Waals surface area contributed by atoms with E-state index in [4.69, 9.17) is 11.6 Å². The van der Waals surface area contributed by atoms with Crippen LogP contribution in [-0.4, -0.2) is 25.3 Å². The number of aryl methyl sites for hydroxylation is 1. The molecule has 0 saturated carbocycles. The quantitative estimate of drug-likeness (QED) is 0.597. The number of nitrogens with one attached hydrogen (secondary N) is 1. The molecule has 0 atom stereocenters. The van der Waals surface area contributed by atoms with Gasteiger partial charge in [-0.05, 0) is 31.2 Å². The predicted octanol–water partition coefficient (Wildman–Crippen LogP) is 4.01. The van der Waals surface area contributed by atoms with E-state index in [0.717, 1.165) is 11.3 Å². The summed E-state index contributed by atoms with van der Waals surface area (Å²) < 4.78 is 1.80. The number of amides is 1. The Balaban J connectivity index is 1.82. The SMILES string of the molecule is Cc1cn2cc(C(=O)Nc3cccnc3)nc(-c3cccc(Cl)c3)c2n1. The number of halogens is 1. The summed E-state index contributed by atoms with van der Waals surface area (Å²) in [5, 5.41) is 3.39. The molecular weight excluding hydrogens is 350 g/mol. The number of carbonyl (C=O) groups excluding carboxylic acids is 1. The predicted molar refractivity (Wildman–Crippen MR) is 100 cm³/mol. The van der Waals surface area contributed by atoms with E-state index in [0.29, 0.717) is 22.1 Å². The van der Waals surface area contributed by atoms with Crippen LogP contribution in [0.25, 0.3) is 16.9 Å². The highest BCUT2D eigenvalue weighted by atomic mass is 35.5. The first-order chi connectivity index (χ1) is 12.6. The van der Waals surface area contributed by atoms with Crippen LogP contribution in [0.4, 0.5) is 5.69 Å². The van der Waals surface area contributed by atoms with Gasteiger partial charge in [0, 0.05) is 29.2 Å². The molecule has 6 nitrogen and oxygen atoms in total. The summed E-state index contributed by atoms with van der Waals surface area (Å²) in [6.45, 7) is 1.89. The maximum atomic E-state index is 12.7. The Morgan fingerprint density at radius 3 is 2.81 bits per heavy atom. The summed E-state index contributed by atoms with van der Waals surface area (Å²) in [6.07, 6.45) is 6.74. The zero-order chi connectivity index (χ0) is 18.1. The molecule has 7 heteroatoms. The standard InChI is InChI=1S/C19H14ClN5O/c1-12-10-25-11-16(19(26)23-15-6-3-7-21-9-15)24-17(18(25)22-12)13-4-2-5-14(20)8-13/h2-11H,1H3,(H,23,26). The van der Waals surface area contributed by atoms with Crippen LogP contribution in [0, 0.1) is 6.92 Å². The molecule has 3 aromatic heterocycles. The van der Waals surface area contributed by atoms with Gasteiger partial charge in [-0.25, -0.2) is 9.97 Å². The highest BCUT2D eigenvalue weighted by Crippen LogP contribution is 2.25. The lowest BCUT2D eigenvalue weighted by Gasteiger charge is -2.08. The van der Waals surface area contributed by atoms with E-state index in [1.807, 2.05) is 25.3 Å². The molecule has 0 radical (unpaired) electrons. The third kappa shape index (κ3) is 3.14. The largest absolute Gasteiger partial charge is 0.319 e. The van der Waals surface area contributed by atoms with Crippen molar-refractivity contribution >= 4 is 28.8 Å². The Kier molecular flexibility index (Phi) is 4.10. The van der Waals surface area contributed by atoms with Gasteiger partial charge in [0.1, 0.15) is 11.4 Å². The van der Waals surface area contributed by atoms with Crippen LogP contribution in [0.2, 0.25) is 5.02 Å². The number of pyridine rings is 1. The molecule has 3 heterocycles. The number of hydrogen-bond acceptors (Lipinski definition) is 4. The topological polar surface area (TPSA) is 72.2 Å². The van der Waals surface area contributed by atoms with Gasteiger partial charge in [0.25, 0.3) is 5.91 Å². The van der Waals surface area contributed by atoms with Crippen molar-refractivity contribution in [1.82, 2.24) is 19.4 Å². The normalized spacial score (nSPS) is 10.8. The Labute approximate surface area is 154 Å². The lowest BCUT2D eigenvalue weighted by atomic mass is 10.1. The van der Waals surface area contributed by atoms with Gasteiger partial charge in [0.15, 0.2) is 5.65 Å². The molecule has 1 aromatic carbocycles. The van der Waals surface area contributed by atoms with Crippen molar-refractivity contribution in [3.05, 3.63) is 77.6 Å². The van der Waals surface area contributed by atoms with Crippen molar-refractivity contribution < 1.29 is 4.79 Å². The second-order valence-electron chi connectivity index (χ2n) is 5.79. The van der Waals surface area contributed by atoms with Crippen LogP contribution in [-0.2, 0) is 0 Å². The second-order valence-corrected chi connectivity index (χ2v) is 6.23. The Morgan fingerprint density at radius 2 is 2.04 bits per heavy atom. The molecule has 0 aliphatic rings. The van der Waals surface area contributed by atoms with Crippen molar-refractivity contribution in [2.75, 3.05) is 5.32 Å². The number of anilines is 1. The summed E-state index contributed by atoms with van der Waals surface area (Å²) in [5.41, 5.74) is 3.77. The van der Waals surface area contributed by atoms with Crippen molar-refractivity contribution in [1.29, 1.82) is 0 Å². The highest BCUT2D eigenvalue weighted by Gasteiger charge is 2.16. The minimum Gasteiger partial charge on any atom is -0.319 e. The molecule has 1 amide bonds. The molecule has 0 aliphatic heterocycles. The summed E-state index contributed by atoms with van der Waals surface area (Å²) in [5.74, 6) is -0.325. The molecule has 0 saturated heterocycles. The Bertz CT molecular complexity index is 1110. The molecule has 1 N–H and O–H groups in total. The van der Waals surface area contributed by atoms with E-state index in [-0.39, 0.29) is 11.6 Å². The third-order valence-corrected chi connectivity index (χ3v) is 4.04. The number of carbonyl (C=O) groups is 1. The fourth-order valence-electron chi connectivity index (χ4n) is 2.69. The fourth-order valence-corrected chi connectivity index (χ4v) is 2.88.